The van der Waals surface area contributed by atoms with Crippen LogP contribution < -0.4 is 10.1 Å². The molecule has 1 fully saturated rings. The largest absolute Gasteiger partial charge is 0.492 e. The first-order chi connectivity index (χ1) is 10.8. The third-order valence-electron chi connectivity index (χ3n) is 3.81. The number of hydrogen-bond donors (Lipinski definition) is 1. The molecule has 0 saturated carbocycles. The van der Waals surface area contributed by atoms with E-state index in [4.69, 9.17) is 4.74 Å². The number of amides is 2. The van der Waals surface area contributed by atoms with Gasteiger partial charge in [0.05, 0.1) is 18.3 Å². The molecule has 4 nitrogen and oxygen atoms in total. The molecule has 1 N–H and O–H groups in total. The van der Waals surface area contributed by atoms with Crippen molar-refractivity contribution < 1.29 is 9.53 Å². The van der Waals surface area contributed by atoms with E-state index >= 15 is 0 Å². The summed E-state index contributed by atoms with van der Waals surface area (Å²) >= 11 is 1.71. The minimum Gasteiger partial charge on any atom is -0.492 e. The Morgan fingerprint density at radius 1 is 1.36 bits per heavy atom. The second kappa shape index (κ2) is 6.83. The van der Waals surface area contributed by atoms with Gasteiger partial charge >= 0.3 is 6.03 Å². The molecule has 1 aromatic carbocycles. The second-order valence-corrected chi connectivity index (χ2v) is 6.21. The summed E-state index contributed by atoms with van der Waals surface area (Å²) in [6.07, 6.45) is 2.07. The Bertz CT molecular complexity index is 627. The number of hydrogen-bond acceptors (Lipinski definition) is 3. The summed E-state index contributed by atoms with van der Waals surface area (Å²) in [5.41, 5.74) is 0.728. The van der Waals surface area contributed by atoms with E-state index in [1.165, 1.54) is 4.88 Å². The number of nitrogens with one attached hydrogen (secondary N) is 1. The van der Waals surface area contributed by atoms with E-state index in [9.17, 15) is 4.79 Å². The lowest BCUT2D eigenvalue weighted by Crippen LogP contribution is -2.34. The number of likely N-dealkylation sites (tertiary alicyclic amines) is 1. The van der Waals surface area contributed by atoms with Gasteiger partial charge in [0.1, 0.15) is 5.75 Å². The molecule has 2 aromatic rings. The van der Waals surface area contributed by atoms with Crippen LogP contribution in [0.25, 0.3) is 0 Å². The highest BCUT2D eigenvalue weighted by molar-refractivity contribution is 7.10. The Hall–Kier alpha value is -2.01. The number of nitrogens with zero attached hydrogens (tertiary/aromatic N) is 1. The number of anilines is 1. The molecule has 2 heterocycles. The van der Waals surface area contributed by atoms with Gasteiger partial charge in [-0.2, -0.15) is 0 Å². The highest BCUT2D eigenvalue weighted by Crippen LogP contribution is 2.35. The van der Waals surface area contributed by atoms with Gasteiger partial charge in [0.15, 0.2) is 0 Å². The highest BCUT2D eigenvalue weighted by atomic mass is 32.1. The summed E-state index contributed by atoms with van der Waals surface area (Å²) in [6.45, 7) is 3.31. The zero-order chi connectivity index (χ0) is 15.4. The van der Waals surface area contributed by atoms with Crippen molar-refractivity contribution in [3.8, 4) is 5.75 Å². The number of thiophene rings is 1. The quantitative estimate of drug-likeness (QED) is 0.901. The molecule has 1 aromatic heterocycles. The average molecular weight is 316 g/mol. The zero-order valence-corrected chi connectivity index (χ0v) is 13.4. The van der Waals surface area contributed by atoms with Gasteiger partial charge in [0.25, 0.3) is 0 Å². The maximum absolute atomic E-state index is 12.6. The maximum Gasteiger partial charge on any atom is 0.322 e. The fraction of sp³-hybridized carbons (Fsp3) is 0.353. The third-order valence-corrected chi connectivity index (χ3v) is 4.79. The lowest BCUT2D eigenvalue weighted by Gasteiger charge is -2.24. The summed E-state index contributed by atoms with van der Waals surface area (Å²) in [6, 6.07) is 11.8. The molecule has 0 unspecified atom stereocenters. The van der Waals surface area contributed by atoms with Gasteiger partial charge in [-0.25, -0.2) is 4.79 Å². The fourth-order valence-corrected chi connectivity index (χ4v) is 3.70. The molecule has 2 amide bonds. The van der Waals surface area contributed by atoms with Gasteiger partial charge in [0.2, 0.25) is 0 Å². The number of benzene rings is 1. The number of ether oxygens (including phenoxy) is 1. The predicted molar refractivity (Wildman–Crippen MR) is 89.6 cm³/mol. The Kier molecular flexibility index (Phi) is 4.63. The fourth-order valence-electron chi connectivity index (χ4n) is 2.82. The molecule has 116 valence electrons. The van der Waals surface area contributed by atoms with Gasteiger partial charge in [-0.15, -0.1) is 11.3 Å². The molecular formula is C17H20N2O2S. The maximum atomic E-state index is 12.6. The van der Waals surface area contributed by atoms with Crippen molar-refractivity contribution in [2.75, 3.05) is 18.5 Å². The molecule has 0 radical (unpaired) electrons. The molecule has 0 spiro atoms. The number of para-hydroxylation sites is 2. The van der Waals surface area contributed by atoms with Crippen molar-refractivity contribution in [2.24, 2.45) is 0 Å². The number of rotatable bonds is 4. The van der Waals surface area contributed by atoms with Gasteiger partial charge in [-0.05, 0) is 43.3 Å². The summed E-state index contributed by atoms with van der Waals surface area (Å²) in [5, 5.41) is 5.06. The minimum absolute atomic E-state index is 0.0527. The molecule has 1 aliphatic heterocycles. The van der Waals surface area contributed by atoms with E-state index in [2.05, 4.69) is 16.8 Å². The van der Waals surface area contributed by atoms with Crippen LogP contribution in [0.3, 0.4) is 0 Å². The molecule has 3 rings (SSSR count). The third kappa shape index (κ3) is 3.09. The Labute approximate surface area is 134 Å². The van der Waals surface area contributed by atoms with Crippen LogP contribution in [0.5, 0.6) is 5.75 Å². The van der Waals surface area contributed by atoms with Crippen molar-refractivity contribution >= 4 is 23.1 Å². The summed E-state index contributed by atoms with van der Waals surface area (Å²) < 4.78 is 5.57. The van der Waals surface area contributed by atoms with Crippen LogP contribution in [-0.2, 0) is 0 Å². The van der Waals surface area contributed by atoms with E-state index in [0.29, 0.717) is 12.4 Å². The topological polar surface area (TPSA) is 41.6 Å². The van der Waals surface area contributed by atoms with Crippen LogP contribution in [0.15, 0.2) is 41.8 Å². The molecular weight excluding hydrogens is 296 g/mol. The van der Waals surface area contributed by atoms with Crippen LogP contribution in [-0.4, -0.2) is 24.1 Å². The van der Waals surface area contributed by atoms with Crippen molar-refractivity contribution in [3.05, 3.63) is 46.7 Å². The Balaban J connectivity index is 1.74. The zero-order valence-electron chi connectivity index (χ0n) is 12.6. The van der Waals surface area contributed by atoms with Crippen molar-refractivity contribution in [2.45, 2.75) is 25.8 Å². The first kappa shape index (κ1) is 14.9. The molecule has 1 atom stereocenters. The minimum atomic E-state index is -0.0527. The summed E-state index contributed by atoms with van der Waals surface area (Å²) in [7, 11) is 0. The molecule has 1 aliphatic rings. The Morgan fingerprint density at radius 3 is 3.00 bits per heavy atom. The summed E-state index contributed by atoms with van der Waals surface area (Å²) in [4.78, 5) is 15.8. The van der Waals surface area contributed by atoms with Crippen molar-refractivity contribution in [3.63, 3.8) is 0 Å². The van der Waals surface area contributed by atoms with E-state index in [1.807, 2.05) is 42.2 Å². The lowest BCUT2D eigenvalue weighted by molar-refractivity contribution is 0.207. The van der Waals surface area contributed by atoms with E-state index < -0.39 is 0 Å². The highest BCUT2D eigenvalue weighted by Gasteiger charge is 2.30. The van der Waals surface area contributed by atoms with Crippen LogP contribution in [0, 0.1) is 0 Å². The van der Waals surface area contributed by atoms with Gasteiger partial charge in [-0.3, -0.25) is 0 Å². The van der Waals surface area contributed by atoms with E-state index in [0.717, 1.165) is 25.1 Å². The van der Waals surface area contributed by atoms with Crippen LogP contribution >= 0.6 is 11.3 Å². The van der Waals surface area contributed by atoms with Gasteiger partial charge < -0.3 is 15.0 Å². The smallest absolute Gasteiger partial charge is 0.322 e. The van der Waals surface area contributed by atoms with Gasteiger partial charge in [-0.1, -0.05) is 18.2 Å². The van der Waals surface area contributed by atoms with E-state index in [1.54, 1.807) is 11.3 Å². The first-order valence-electron chi connectivity index (χ1n) is 7.62. The monoisotopic (exact) mass is 316 g/mol. The molecule has 1 saturated heterocycles. The molecule has 0 bridgehead atoms. The number of carbonyl (C=O) groups is 1. The average Bonchev–Trinajstić information content (AvgIpc) is 3.20. The normalized spacial score (nSPS) is 17.5. The van der Waals surface area contributed by atoms with Crippen LogP contribution in [0.4, 0.5) is 10.5 Å². The molecule has 5 heteroatoms. The van der Waals surface area contributed by atoms with Crippen LogP contribution in [0.1, 0.15) is 30.7 Å². The SMILES string of the molecule is CCOc1ccccc1NC(=O)N1CCC[C@H]1c1cccs1. The second-order valence-electron chi connectivity index (χ2n) is 5.23. The first-order valence-corrected chi connectivity index (χ1v) is 8.50. The molecule has 22 heavy (non-hydrogen) atoms. The van der Waals surface area contributed by atoms with Gasteiger partial charge in [0, 0.05) is 11.4 Å². The molecule has 0 aliphatic carbocycles. The number of urea groups is 1. The lowest BCUT2D eigenvalue weighted by atomic mass is 10.2. The number of carbonyl (C=O) groups excluding carboxylic acids is 1. The van der Waals surface area contributed by atoms with Crippen molar-refractivity contribution in [1.82, 2.24) is 4.90 Å². The van der Waals surface area contributed by atoms with E-state index in [-0.39, 0.29) is 12.1 Å². The standard InChI is InChI=1S/C17H20N2O2S/c1-2-21-15-9-4-3-7-13(15)18-17(20)19-11-5-8-14(19)16-10-6-12-22-16/h3-4,6-7,9-10,12,14H,2,5,8,11H2,1H3,(H,18,20)/t14-/m0/s1. The van der Waals surface area contributed by atoms with Crippen molar-refractivity contribution in [1.29, 1.82) is 0 Å². The van der Waals surface area contributed by atoms with Crippen LogP contribution in [0.2, 0.25) is 0 Å². The Morgan fingerprint density at radius 2 is 2.23 bits per heavy atom. The summed E-state index contributed by atoms with van der Waals surface area (Å²) in [5.74, 6) is 0.713. The predicted octanol–water partition coefficient (Wildman–Crippen LogP) is 4.52.